The third kappa shape index (κ3) is 14.4. The average molecular weight is 1060 g/mol. The van der Waals surface area contributed by atoms with Crippen molar-refractivity contribution < 1.29 is 28.3 Å². The summed E-state index contributed by atoms with van der Waals surface area (Å²) in [5.74, 6) is 0. The number of benzene rings is 6. The summed E-state index contributed by atoms with van der Waals surface area (Å²) in [4.78, 5) is 9.36. The number of halogens is 1. The molecule has 5 aliphatic rings. The van der Waals surface area contributed by atoms with E-state index in [9.17, 15) is 0 Å². The molecule has 0 saturated carbocycles. The van der Waals surface area contributed by atoms with Gasteiger partial charge in [0.1, 0.15) is 0 Å². The largest absolute Gasteiger partial charge is 0.494 e. The highest BCUT2D eigenvalue weighted by Crippen LogP contribution is 2.37. The van der Waals surface area contributed by atoms with Gasteiger partial charge in [-0.3, -0.25) is 0 Å². The van der Waals surface area contributed by atoms with Gasteiger partial charge < -0.3 is 47.9 Å². The molecular formula is C58H68BBrN8O6. The normalized spacial score (nSPS) is 18.7. The summed E-state index contributed by atoms with van der Waals surface area (Å²) in [6.45, 7) is 22.3. The van der Waals surface area contributed by atoms with Crippen LogP contribution in [0.5, 0.6) is 0 Å². The molecule has 74 heavy (non-hydrogen) atoms. The predicted molar refractivity (Wildman–Crippen MR) is 302 cm³/mol. The minimum atomic E-state index is -0.291. The Morgan fingerprint density at radius 2 is 0.595 bits per heavy atom. The number of nitrogens with zero attached hydrogens (tertiary/aromatic N) is 8. The van der Waals surface area contributed by atoms with E-state index in [1.54, 1.807) is 0 Å². The minimum Gasteiger partial charge on any atom is -0.399 e. The van der Waals surface area contributed by atoms with Crippen molar-refractivity contribution in [2.24, 2.45) is 20.5 Å². The Bertz CT molecular complexity index is 2690. The fourth-order valence-corrected chi connectivity index (χ4v) is 9.16. The van der Waals surface area contributed by atoms with Crippen molar-refractivity contribution >= 4 is 74.0 Å². The van der Waals surface area contributed by atoms with E-state index in [0.717, 1.165) is 138 Å². The van der Waals surface area contributed by atoms with Crippen molar-refractivity contribution in [3.63, 3.8) is 0 Å². The lowest BCUT2D eigenvalue weighted by Gasteiger charge is -2.32. The molecule has 386 valence electrons. The Morgan fingerprint density at radius 1 is 0.351 bits per heavy atom. The maximum atomic E-state index is 6.08. The third-order valence-corrected chi connectivity index (χ3v) is 14.6. The molecule has 5 fully saturated rings. The first kappa shape index (κ1) is 52.9. The van der Waals surface area contributed by atoms with Crippen molar-refractivity contribution in [3.05, 3.63) is 150 Å². The third-order valence-electron chi connectivity index (χ3n) is 14.1. The van der Waals surface area contributed by atoms with Gasteiger partial charge in [0, 0.05) is 79.6 Å². The number of morpholine rings is 4. The molecule has 0 aromatic heterocycles. The molecule has 0 aliphatic carbocycles. The number of rotatable bonds is 10. The lowest BCUT2D eigenvalue weighted by molar-refractivity contribution is 0.00578. The van der Waals surface area contributed by atoms with Crippen molar-refractivity contribution in [1.29, 1.82) is 0 Å². The van der Waals surface area contributed by atoms with Gasteiger partial charge in [-0.15, -0.1) is 0 Å². The molecule has 6 aromatic rings. The van der Waals surface area contributed by atoms with Crippen LogP contribution in [0.1, 0.15) is 27.7 Å². The first-order valence-corrected chi connectivity index (χ1v) is 26.6. The summed E-state index contributed by atoms with van der Waals surface area (Å²) in [7, 11) is -0.284. The highest BCUT2D eigenvalue weighted by atomic mass is 79.9. The Morgan fingerprint density at radius 3 is 0.905 bits per heavy atom. The van der Waals surface area contributed by atoms with E-state index < -0.39 is 0 Å². The molecule has 5 saturated heterocycles. The second-order valence-electron chi connectivity index (χ2n) is 19.6. The van der Waals surface area contributed by atoms with Crippen LogP contribution in [-0.4, -0.2) is 124 Å². The quantitative estimate of drug-likeness (QED) is 0.0969. The van der Waals surface area contributed by atoms with Gasteiger partial charge in [-0.1, -0.05) is 52.3 Å². The molecule has 11 rings (SSSR count). The molecule has 0 N–H and O–H groups in total. The van der Waals surface area contributed by atoms with Gasteiger partial charge in [0.25, 0.3) is 0 Å². The summed E-state index contributed by atoms with van der Waals surface area (Å²) >= 11 is 3.40. The molecule has 0 bridgehead atoms. The lowest BCUT2D eigenvalue weighted by atomic mass is 9.79. The average Bonchev–Trinajstić information content (AvgIpc) is 3.69. The molecule has 0 spiro atoms. The molecule has 16 heteroatoms. The Labute approximate surface area is 445 Å². The number of hydrogen-bond donors (Lipinski definition) is 0. The van der Waals surface area contributed by atoms with Gasteiger partial charge in [0.05, 0.1) is 86.8 Å². The zero-order valence-corrected chi connectivity index (χ0v) is 44.7. The Balaban J connectivity index is 0.000000141. The van der Waals surface area contributed by atoms with E-state index in [0.29, 0.717) is 0 Å². The molecule has 14 nitrogen and oxygen atoms in total. The molecule has 5 heterocycles. The van der Waals surface area contributed by atoms with E-state index in [-0.39, 0.29) is 18.3 Å². The van der Waals surface area contributed by atoms with Crippen LogP contribution in [0, 0.1) is 0 Å². The first-order chi connectivity index (χ1) is 36.0. The number of hydrogen-bond acceptors (Lipinski definition) is 14. The second kappa shape index (κ2) is 25.5. The number of ether oxygens (including phenoxy) is 4. The van der Waals surface area contributed by atoms with E-state index in [2.05, 4.69) is 169 Å². The fourth-order valence-electron chi connectivity index (χ4n) is 8.89. The van der Waals surface area contributed by atoms with Crippen LogP contribution in [0.2, 0.25) is 0 Å². The molecule has 0 unspecified atom stereocenters. The van der Waals surface area contributed by atoms with E-state index >= 15 is 0 Å². The van der Waals surface area contributed by atoms with Crippen molar-refractivity contribution in [3.8, 4) is 11.1 Å². The number of anilines is 4. The number of azo groups is 2. The van der Waals surface area contributed by atoms with Crippen molar-refractivity contribution in [1.82, 2.24) is 0 Å². The van der Waals surface area contributed by atoms with E-state index in [4.69, 9.17) is 28.3 Å². The van der Waals surface area contributed by atoms with Crippen LogP contribution in [0.15, 0.2) is 171 Å². The minimum absolute atomic E-state index is 0.284. The summed E-state index contributed by atoms with van der Waals surface area (Å²) in [5, 5.41) is 17.3. The second-order valence-corrected chi connectivity index (χ2v) is 20.5. The van der Waals surface area contributed by atoms with Crippen LogP contribution >= 0.6 is 15.9 Å². The fraction of sp³-hybridized carbons (Fsp3) is 0.379. The molecule has 0 atom stereocenters. The van der Waals surface area contributed by atoms with Crippen LogP contribution in [0.4, 0.5) is 45.5 Å². The van der Waals surface area contributed by atoms with Crippen LogP contribution in [0.3, 0.4) is 0 Å². The van der Waals surface area contributed by atoms with Crippen molar-refractivity contribution in [2.45, 2.75) is 38.9 Å². The van der Waals surface area contributed by atoms with Gasteiger partial charge >= 0.3 is 7.12 Å². The standard InChI is InChI=1S/C26H28N4O2.C16H24BNO3.C16H16BrN3O/c1-5-23(27-28-24-7-11-26(12-8-24)30-15-19-32-20-16-30)6-2-21(1)22-3-9-25(10-4-22)29-13-17-31-18-14-29;1-15(2)16(3,4)21-17(20-15)13-5-7-14(8-6-13)18-9-11-19-12-10-18;17-13-1-3-14(4-2-13)18-19-15-5-7-16(8-6-15)20-9-11-21-12-10-20/h1-12H,13-20H2;5-8H,9-12H2,1-4H3;1-8H,9-12H2. The van der Waals surface area contributed by atoms with Gasteiger partial charge in [0.15, 0.2) is 0 Å². The highest BCUT2D eigenvalue weighted by Gasteiger charge is 2.51. The van der Waals surface area contributed by atoms with E-state index in [1.165, 1.54) is 33.9 Å². The first-order valence-electron chi connectivity index (χ1n) is 25.8. The SMILES string of the molecule is Brc1ccc(N=Nc2ccc(N3CCOCC3)cc2)cc1.CC1(C)OB(c2ccc(N3CCOCC3)cc2)OC1(C)C.c1cc(-c2ccc(N3CCOCC3)cc2)ccc1N=Nc1ccc(N2CCOCC2)cc1. The molecule has 0 amide bonds. The predicted octanol–water partition coefficient (Wildman–Crippen LogP) is 12.0. The smallest absolute Gasteiger partial charge is 0.399 e. The summed E-state index contributed by atoms with van der Waals surface area (Å²) in [6, 6.07) is 49.6. The summed E-state index contributed by atoms with van der Waals surface area (Å²) in [6.07, 6.45) is 0. The van der Waals surface area contributed by atoms with E-state index in [1.807, 2.05) is 60.7 Å². The lowest BCUT2D eigenvalue weighted by Crippen LogP contribution is -2.41. The van der Waals surface area contributed by atoms with Crippen molar-refractivity contribution in [2.75, 3.05) is 125 Å². The Kier molecular flexibility index (Phi) is 18.2. The highest BCUT2D eigenvalue weighted by molar-refractivity contribution is 9.10. The van der Waals surface area contributed by atoms with Gasteiger partial charge in [-0.05, 0) is 153 Å². The zero-order valence-electron chi connectivity index (χ0n) is 43.2. The van der Waals surface area contributed by atoms with Crippen LogP contribution in [-0.2, 0) is 28.3 Å². The van der Waals surface area contributed by atoms with Gasteiger partial charge in [0.2, 0.25) is 0 Å². The molecule has 6 aromatic carbocycles. The van der Waals surface area contributed by atoms with Gasteiger partial charge in [-0.2, -0.15) is 20.5 Å². The topological polar surface area (TPSA) is 118 Å². The maximum Gasteiger partial charge on any atom is 0.494 e. The molecule has 0 radical (unpaired) electrons. The maximum absolute atomic E-state index is 6.08. The van der Waals surface area contributed by atoms with Crippen LogP contribution in [0.25, 0.3) is 11.1 Å². The van der Waals surface area contributed by atoms with Gasteiger partial charge in [-0.25, -0.2) is 0 Å². The zero-order chi connectivity index (χ0) is 51.2. The Hall–Kier alpha value is -5.98. The monoisotopic (exact) mass is 1060 g/mol. The summed E-state index contributed by atoms with van der Waals surface area (Å²) < 4.78 is 34.8. The molecular weight excluding hydrogens is 995 g/mol. The van der Waals surface area contributed by atoms with Crippen LogP contribution < -0.4 is 25.1 Å². The summed E-state index contributed by atoms with van der Waals surface area (Å²) in [5.41, 5.74) is 11.2. The molecule has 5 aliphatic heterocycles.